The molecule has 2 aliphatic rings. The van der Waals surface area contributed by atoms with Gasteiger partial charge in [0, 0.05) is 90.5 Å². The Morgan fingerprint density at radius 2 is 0.557 bits per heavy atom. The monoisotopic (exact) mass is 910 g/mol. The molecule has 0 unspecified atom stereocenters. The first kappa shape index (κ1) is 40.0. The number of carboxylic acid groups (broad SMARTS) is 4. The van der Waals surface area contributed by atoms with Gasteiger partial charge in [0.2, 0.25) is 0 Å². The number of fused-ring (bicyclic) bond motifs is 8. The summed E-state index contributed by atoms with van der Waals surface area (Å²) in [6.07, 6.45) is 6.91. The minimum Gasteiger partial charge on any atom is -0.478 e. The maximum absolute atomic E-state index is 12.7. The molecule has 2 aliphatic heterocycles. The zero-order valence-electron chi connectivity index (χ0n) is 31.7. The number of carbonyl (C=O) groups is 4. The summed E-state index contributed by atoms with van der Waals surface area (Å²) in [5, 5.41) is 41.5. The van der Waals surface area contributed by atoms with E-state index in [2.05, 4.69) is 9.97 Å². The van der Waals surface area contributed by atoms with E-state index in [-0.39, 0.29) is 46.2 Å². The minimum absolute atomic E-state index is 0. The number of nitrogens with one attached hydrogen (secondary N) is 2. The van der Waals surface area contributed by atoms with Crippen molar-refractivity contribution in [2.45, 2.75) is 0 Å². The zero-order chi connectivity index (χ0) is 41.7. The second-order valence-corrected chi connectivity index (χ2v) is 13.9. The number of aromatic amines is 2. The second kappa shape index (κ2) is 16.1. The van der Waals surface area contributed by atoms with Crippen molar-refractivity contribution >= 4 is 94.2 Å². The van der Waals surface area contributed by atoms with Gasteiger partial charge in [-0.25, -0.2) is 29.1 Å². The molecular formula is C48H30N4O8Sn. The number of aromatic nitrogens is 4. The molecule has 5 heterocycles. The maximum atomic E-state index is 12.7. The molecule has 61 heavy (non-hydrogen) atoms. The molecule has 13 heteroatoms. The summed E-state index contributed by atoms with van der Waals surface area (Å²) in [4.78, 5) is 67.9. The average Bonchev–Trinajstić information content (AvgIpc) is 4.09. The number of carboxylic acids is 4. The molecule has 8 bridgehead atoms. The summed E-state index contributed by atoms with van der Waals surface area (Å²) in [7, 11) is 0. The summed E-state index contributed by atoms with van der Waals surface area (Å²) in [6.45, 7) is 0. The molecule has 0 aliphatic carbocycles. The molecule has 3 aromatic heterocycles. The van der Waals surface area contributed by atoms with Gasteiger partial charge in [-0.05, 0) is 72.8 Å². The average molecular weight is 909 g/mol. The van der Waals surface area contributed by atoms with Crippen LogP contribution in [-0.4, -0.2) is 88.1 Å². The molecule has 4 aromatic carbocycles. The van der Waals surface area contributed by atoms with E-state index in [1.807, 2.05) is 0 Å². The Morgan fingerprint density at radius 1 is 0.344 bits per heavy atom. The first-order valence-corrected chi connectivity index (χ1v) is 18.6. The Morgan fingerprint density at radius 3 is 0.770 bits per heavy atom. The van der Waals surface area contributed by atoms with Gasteiger partial charge < -0.3 is 30.4 Å². The molecule has 0 saturated heterocycles. The van der Waals surface area contributed by atoms with E-state index in [9.17, 15) is 39.6 Å². The van der Waals surface area contributed by atoms with Gasteiger partial charge in [-0.3, -0.25) is 0 Å². The number of hydrogen-bond donors (Lipinski definition) is 6. The predicted octanol–water partition coefficient (Wildman–Crippen LogP) is 9.74. The Bertz CT molecular complexity index is 2830. The molecule has 0 fully saturated rings. The molecule has 6 N–H and O–H groups in total. The Kier molecular flexibility index (Phi) is 10.5. The topological polar surface area (TPSA) is 207 Å². The predicted molar refractivity (Wildman–Crippen MR) is 234 cm³/mol. The SMILES string of the molecule is O=C(O)c1ccccc1-c1c2nc(c(-c3ccccc3C(=O)O)c3ccc([nH]3)c(-c3ccccc3C(=O)O)c3nc(c(-c4ccccc4C(=O)O)c4ccc1[nH]4)C=C3)C=C2.[Sn]. The van der Waals surface area contributed by atoms with Crippen molar-refractivity contribution in [3.63, 3.8) is 0 Å². The molecule has 294 valence electrons. The number of nitrogens with zero attached hydrogens (tertiary/aromatic N) is 2. The van der Waals surface area contributed by atoms with Crippen LogP contribution in [0.15, 0.2) is 121 Å². The second-order valence-electron chi connectivity index (χ2n) is 13.9. The first-order chi connectivity index (χ1) is 29.1. The molecule has 7 aromatic rings. The summed E-state index contributed by atoms with van der Waals surface area (Å²) in [6, 6.07) is 33.1. The van der Waals surface area contributed by atoms with Crippen LogP contribution in [0.5, 0.6) is 0 Å². The third-order valence-electron chi connectivity index (χ3n) is 10.5. The van der Waals surface area contributed by atoms with Crippen LogP contribution in [0.3, 0.4) is 0 Å². The van der Waals surface area contributed by atoms with Crippen molar-refractivity contribution in [2.75, 3.05) is 0 Å². The van der Waals surface area contributed by atoms with E-state index in [0.29, 0.717) is 89.4 Å². The minimum atomic E-state index is -1.17. The van der Waals surface area contributed by atoms with Crippen molar-refractivity contribution in [1.82, 2.24) is 19.9 Å². The maximum Gasteiger partial charge on any atom is 0.336 e. The molecule has 12 nitrogen and oxygen atoms in total. The van der Waals surface area contributed by atoms with Crippen LogP contribution in [0.25, 0.3) is 90.9 Å². The fourth-order valence-electron chi connectivity index (χ4n) is 7.89. The van der Waals surface area contributed by atoms with Gasteiger partial charge in [-0.15, -0.1) is 0 Å². The number of benzene rings is 4. The van der Waals surface area contributed by atoms with Crippen LogP contribution < -0.4 is 0 Å². The van der Waals surface area contributed by atoms with Gasteiger partial charge in [0.05, 0.1) is 45.0 Å². The van der Waals surface area contributed by atoms with Gasteiger partial charge >= 0.3 is 23.9 Å². The van der Waals surface area contributed by atoms with E-state index in [1.165, 1.54) is 24.3 Å². The van der Waals surface area contributed by atoms with Gasteiger partial charge in [0.15, 0.2) is 0 Å². The van der Waals surface area contributed by atoms with Crippen molar-refractivity contribution in [3.05, 3.63) is 166 Å². The number of hydrogen-bond acceptors (Lipinski definition) is 6. The summed E-state index contributed by atoms with van der Waals surface area (Å²) in [5.74, 6) is -4.67. The van der Waals surface area contributed by atoms with Crippen LogP contribution >= 0.6 is 0 Å². The van der Waals surface area contributed by atoms with Crippen LogP contribution in [0.2, 0.25) is 0 Å². The van der Waals surface area contributed by atoms with Crippen LogP contribution in [0.1, 0.15) is 64.2 Å². The number of rotatable bonds is 8. The molecule has 4 radical (unpaired) electrons. The van der Waals surface area contributed by atoms with Crippen molar-refractivity contribution < 1.29 is 39.6 Å². The van der Waals surface area contributed by atoms with E-state index in [4.69, 9.17) is 9.97 Å². The standard InChI is InChI=1S/C48H30N4O8.Sn/c53-45(54)29-13-5-1-9-25(29)41-33-17-19-35(49-33)42(26-10-2-6-14-30(26)46(55)56)37-21-23-39(51-37)44(28-12-4-8-16-32(28)48(59)60)40-24-22-38(52-40)43(36-20-18-34(41)50-36)27-11-3-7-15-31(27)47(57)58;/h1-24,49,52H,(H,53,54)(H,55,56)(H,57,58)(H,59,60);. The first-order valence-electron chi connectivity index (χ1n) is 18.6. The molecule has 0 spiro atoms. The number of aromatic carboxylic acids is 4. The van der Waals surface area contributed by atoms with Gasteiger partial charge in [0.25, 0.3) is 0 Å². The Hall–Kier alpha value is -7.84. The van der Waals surface area contributed by atoms with Crippen LogP contribution in [0.4, 0.5) is 0 Å². The van der Waals surface area contributed by atoms with Gasteiger partial charge in [-0.1, -0.05) is 72.8 Å². The third-order valence-corrected chi connectivity index (χ3v) is 10.5. The Balaban J connectivity index is 0.00000514. The zero-order valence-corrected chi connectivity index (χ0v) is 34.5. The van der Waals surface area contributed by atoms with Crippen molar-refractivity contribution in [1.29, 1.82) is 0 Å². The summed E-state index contributed by atoms with van der Waals surface area (Å²) >= 11 is 0. The largest absolute Gasteiger partial charge is 0.478 e. The number of H-pyrrole nitrogens is 2. The van der Waals surface area contributed by atoms with Crippen molar-refractivity contribution in [3.8, 4) is 44.5 Å². The third kappa shape index (κ3) is 7.08. The van der Waals surface area contributed by atoms with E-state index in [1.54, 1.807) is 121 Å². The smallest absolute Gasteiger partial charge is 0.336 e. The quantitative estimate of drug-likeness (QED) is 0.0796. The molecule has 0 amide bonds. The van der Waals surface area contributed by atoms with Crippen molar-refractivity contribution in [2.24, 2.45) is 0 Å². The molecule has 0 saturated carbocycles. The van der Waals surface area contributed by atoms with Crippen LogP contribution in [-0.2, 0) is 0 Å². The molecule has 9 rings (SSSR count). The van der Waals surface area contributed by atoms with E-state index in [0.717, 1.165) is 0 Å². The molecular weight excluding hydrogens is 879 g/mol. The normalized spacial score (nSPS) is 11.5. The van der Waals surface area contributed by atoms with E-state index < -0.39 is 23.9 Å². The summed E-state index contributed by atoms with van der Waals surface area (Å²) < 4.78 is 0. The fourth-order valence-corrected chi connectivity index (χ4v) is 7.89. The van der Waals surface area contributed by atoms with Crippen LogP contribution in [0, 0.1) is 0 Å². The fraction of sp³-hybridized carbons (Fsp3) is 0. The van der Waals surface area contributed by atoms with E-state index >= 15 is 0 Å². The Labute approximate surface area is 362 Å². The van der Waals surface area contributed by atoms with Gasteiger partial charge in [-0.2, -0.15) is 0 Å². The van der Waals surface area contributed by atoms with Gasteiger partial charge in [0.1, 0.15) is 0 Å². The molecule has 0 atom stereocenters. The summed E-state index contributed by atoms with van der Waals surface area (Å²) in [5.41, 5.74) is 6.29.